The Hall–Kier alpha value is -1.88. The predicted molar refractivity (Wildman–Crippen MR) is 57.2 cm³/mol. The van der Waals surface area contributed by atoms with E-state index in [-0.39, 0.29) is 5.97 Å². The van der Waals surface area contributed by atoms with Crippen molar-refractivity contribution < 1.29 is 14.3 Å². The Kier molecular flexibility index (Phi) is 2.87. The van der Waals surface area contributed by atoms with Crippen LogP contribution >= 0.6 is 0 Å². The Morgan fingerprint density at radius 3 is 3.00 bits per heavy atom. The first-order valence-electron chi connectivity index (χ1n) is 4.80. The molecule has 0 radical (unpaired) electrons. The number of hydrogen-bond donors (Lipinski definition) is 0. The third-order valence-electron chi connectivity index (χ3n) is 2.23. The van der Waals surface area contributed by atoms with Gasteiger partial charge >= 0.3 is 5.97 Å². The summed E-state index contributed by atoms with van der Waals surface area (Å²) in [5, 5.41) is 0. The van der Waals surface area contributed by atoms with Gasteiger partial charge in [0.1, 0.15) is 5.56 Å². The van der Waals surface area contributed by atoms with E-state index in [1.54, 1.807) is 23.6 Å². The van der Waals surface area contributed by atoms with Gasteiger partial charge < -0.3 is 13.9 Å². The zero-order chi connectivity index (χ0) is 11.5. The number of nitrogens with zero attached hydrogens (tertiary/aromatic N) is 2. The largest absolute Gasteiger partial charge is 0.465 e. The maximum absolute atomic E-state index is 11.5. The number of rotatable bonds is 3. The van der Waals surface area contributed by atoms with Gasteiger partial charge in [-0.2, -0.15) is 0 Å². The number of imidazole rings is 1. The smallest absolute Gasteiger partial charge is 0.341 e. The van der Waals surface area contributed by atoms with Crippen LogP contribution in [0.1, 0.15) is 16.1 Å². The number of carbonyl (C=O) groups excluding carboxylic acids is 1. The van der Waals surface area contributed by atoms with E-state index in [1.807, 2.05) is 12.4 Å². The highest BCUT2D eigenvalue weighted by molar-refractivity contribution is 5.95. The van der Waals surface area contributed by atoms with Crippen molar-refractivity contribution in [2.24, 2.45) is 0 Å². The second kappa shape index (κ2) is 4.32. The molecule has 2 aromatic rings. The fraction of sp³-hybridized carbons (Fsp3) is 0.273. The van der Waals surface area contributed by atoms with Crippen molar-refractivity contribution in [3.63, 3.8) is 0 Å². The van der Waals surface area contributed by atoms with E-state index >= 15 is 0 Å². The first-order valence-corrected chi connectivity index (χ1v) is 4.80. The lowest BCUT2D eigenvalue weighted by Gasteiger charge is -2.00. The molecule has 0 aromatic carbocycles. The molecule has 0 amide bonds. The second-order valence-corrected chi connectivity index (χ2v) is 3.31. The quantitative estimate of drug-likeness (QED) is 0.731. The van der Waals surface area contributed by atoms with Crippen LogP contribution in [0.3, 0.4) is 0 Å². The van der Waals surface area contributed by atoms with Gasteiger partial charge in [-0.1, -0.05) is 0 Å². The zero-order valence-electron chi connectivity index (χ0n) is 9.14. The third kappa shape index (κ3) is 1.77. The zero-order valence-corrected chi connectivity index (χ0v) is 9.14. The molecule has 0 saturated carbocycles. The fourth-order valence-electron chi connectivity index (χ4n) is 1.55. The predicted octanol–water partition coefficient (Wildman–Crippen LogP) is 1.27. The van der Waals surface area contributed by atoms with E-state index in [0.717, 1.165) is 5.69 Å². The van der Waals surface area contributed by atoms with Crippen LogP contribution in [0.2, 0.25) is 0 Å². The summed E-state index contributed by atoms with van der Waals surface area (Å²) in [4.78, 5) is 15.8. The van der Waals surface area contributed by atoms with Crippen LogP contribution in [0.5, 0.6) is 0 Å². The normalized spacial score (nSPS) is 10.6. The maximum Gasteiger partial charge on any atom is 0.341 e. The molecular formula is C11H12N2O3. The summed E-state index contributed by atoms with van der Waals surface area (Å²) in [6.07, 6.45) is 3.65. The van der Waals surface area contributed by atoms with Gasteiger partial charge in [0.2, 0.25) is 0 Å². The van der Waals surface area contributed by atoms with Crippen molar-refractivity contribution in [3.8, 4) is 0 Å². The molecule has 0 atom stereocenters. The van der Waals surface area contributed by atoms with Gasteiger partial charge in [0, 0.05) is 19.5 Å². The van der Waals surface area contributed by atoms with Gasteiger partial charge in [0.25, 0.3) is 0 Å². The molecule has 0 N–H and O–H groups in total. The molecule has 0 aliphatic carbocycles. The van der Waals surface area contributed by atoms with Crippen molar-refractivity contribution >= 4 is 11.6 Å². The number of hydrogen-bond acceptors (Lipinski definition) is 4. The van der Waals surface area contributed by atoms with E-state index in [2.05, 4.69) is 4.98 Å². The van der Waals surface area contributed by atoms with Crippen molar-refractivity contribution in [2.75, 3.05) is 14.2 Å². The minimum atomic E-state index is -0.389. The van der Waals surface area contributed by atoms with Gasteiger partial charge in [-0.05, 0) is 12.1 Å². The molecule has 0 saturated heterocycles. The Balaban J connectivity index is 2.54. The summed E-state index contributed by atoms with van der Waals surface area (Å²) >= 11 is 0. The van der Waals surface area contributed by atoms with E-state index < -0.39 is 0 Å². The summed E-state index contributed by atoms with van der Waals surface area (Å²) in [5.74, 6) is -0.389. The van der Waals surface area contributed by atoms with Crippen molar-refractivity contribution in [2.45, 2.75) is 6.61 Å². The summed E-state index contributed by atoms with van der Waals surface area (Å²) in [7, 11) is 2.95. The summed E-state index contributed by atoms with van der Waals surface area (Å²) in [6, 6.07) is 3.46. The van der Waals surface area contributed by atoms with Gasteiger partial charge in [0.15, 0.2) is 5.65 Å². The molecule has 0 spiro atoms. The Labute approximate surface area is 92.6 Å². The van der Waals surface area contributed by atoms with Gasteiger partial charge in [0.05, 0.1) is 19.4 Å². The minimum Gasteiger partial charge on any atom is -0.465 e. The number of aromatic nitrogens is 2. The van der Waals surface area contributed by atoms with E-state index in [0.29, 0.717) is 17.8 Å². The third-order valence-corrected chi connectivity index (χ3v) is 2.23. The van der Waals surface area contributed by atoms with Crippen molar-refractivity contribution in [3.05, 3.63) is 35.8 Å². The molecular weight excluding hydrogens is 208 g/mol. The van der Waals surface area contributed by atoms with Crippen molar-refractivity contribution in [1.82, 2.24) is 9.38 Å². The molecule has 5 nitrogen and oxygen atoms in total. The number of fused-ring (bicyclic) bond motifs is 1. The van der Waals surface area contributed by atoms with Crippen LogP contribution in [0.4, 0.5) is 0 Å². The number of pyridine rings is 1. The Morgan fingerprint density at radius 1 is 1.50 bits per heavy atom. The van der Waals surface area contributed by atoms with E-state index in [1.165, 1.54) is 7.11 Å². The molecule has 2 heterocycles. The highest BCUT2D eigenvalue weighted by Gasteiger charge is 2.12. The number of esters is 1. The first kappa shape index (κ1) is 10.6. The van der Waals surface area contributed by atoms with Crippen LogP contribution in [0, 0.1) is 0 Å². The average Bonchev–Trinajstić information content (AvgIpc) is 2.70. The highest BCUT2D eigenvalue weighted by Crippen LogP contribution is 2.12. The van der Waals surface area contributed by atoms with Gasteiger partial charge in [-0.25, -0.2) is 9.78 Å². The Bertz CT molecular complexity index is 519. The number of methoxy groups -OCH3 is 2. The van der Waals surface area contributed by atoms with E-state index in [9.17, 15) is 4.79 Å². The van der Waals surface area contributed by atoms with Gasteiger partial charge in [-0.15, -0.1) is 0 Å². The number of ether oxygens (including phenoxy) is 2. The standard InChI is InChI=1S/C11H12N2O3/c1-15-7-8-6-13-5-3-4-9(10(13)12-8)11(14)16-2/h3-6H,7H2,1-2H3. The molecule has 0 aliphatic rings. The lowest BCUT2D eigenvalue weighted by Crippen LogP contribution is -2.03. The summed E-state index contributed by atoms with van der Waals surface area (Å²) < 4.78 is 11.5. The van der Waals surface area contributed by atoms with Crippen LogP contribution in [0.25, 0.3) is 5.65 Å². The van der Waals surface area contributed by atoms with Gasteiger partial charge in [-0.3, -0.25) is 0 Å². The van der Waals surface area contributed by atoms with E-state index in [4.69, 9.17) is 9.47 Å². The van der Waals surface area contributed by atoms with Crippen LogP contribution in [0.15, 0.2) is 24.5 Å². The second-order valence-electron chi connectivity index (χ2n) is 3.31. The molecule has 84 valence electrons. The van der Waals surface area contributed by atoms with Crippen LogP contribution in [-0.4, -0.2) is 29.6 Å². The topological polar surface area (TPSA) is 52.8 Å². The average molecular weight is 220 g/mol. The highest BCUT2D eigenvalue weighted by atomic mass is 16.5. The lowest BCUT2D eigenvalue weighted by molar-refractivity contribution is 0.0602. The molecule has 2 rings (SSSR count). The lowest BCUT2D eigenvalue weighted by atomic mass is 10.3. The van der Waals surface area contributed by atoms with Crippen LogP contribution in [-0.2, 0) is 16.1 Å². The molecule has 0 aliphatic heterocycles. The molecule has 5 heteroatoms. The number of carbonyl (C=O) groups is 1. The molecule has 0 bridgehead atoms. The monoisotopic (exact) mass is 220 g/mol. The van der Waals surface area contributed by atoms with Crippen molar-refractivity contribution in [1.29, 1.82) is 0 Å². The molecule has 16 heavy (non-hydrogen) atoms. The molecule has 0 fully saturated rings. The fourth-order valence-corrected chi connectivity index (χ4v) is 1.55. The molecule has 0 unspecified atom stereocenters. The molecule has 2 aromatic heterocycles. The minimum absolute atomic E-state index is 0.389. The summed E-state index contributed by atoms with van der Waals surface area (Å²) in [6.45, 7) is 0.419. The van der Waals surface area contributed by atoms with Crippen LogP contribution < -0.4 is 0 Å². The Morgan fingerprint density at radius 2 is 2.31 bits per heavy atom. The maximum atomic E-state index is 11.5. The SMILES string of the molecule is COCc1cn2cccc(C(=O)OC)c2n1. The summed E-state index contributed by atoms with van der Waals surface area (Å²) in [5.41, 5.74) is 1.81. The first-order chi connectivity index (χ1) is 7.76.